The van der Waals surface area contributed by atoms with Gasteiger partial charge in [-0.25, -0.2) is 0 Å². The van der Waals surface area contributed by atoms with Crippen molar-refractivity contribution >= 4 is 5.97 Å². The molecule has 174 valence electrons. The molecule has 0 bridgehead atoms. The maximum Gasteiger partial charge on any atom is 0.303 e. The van der Waals surface area contributed by atoms with Crippen LogP contribution >= 0.6 is 0 Å². The summed E-state index contributed by atoms with van der Waals surface area (Å²) in [6, 6.07) is 0. The fourth-order valence-electron chi connectivity index (χ4n) is 4.43. The van der Waals surface area contributed by atoms with Crippen LogP contribution < -0.4 is 0 Å². The Kier molecular flexibility index (Phi) is 23.3. The van der Waals surface area contributed by atoms with Gasteiger partial charge in [-0.15, -0.1) is 0 Å². The van der Waals surface area contributed by atoms with Gasteiger partial charge in [-0.1, -0.05) is 142 Å². The largest absolute Gasteiger partial charge is 0.481 e. The van der Waals surface area contributed by atoms with E-state index in [1.807, 2.05) is 0 Å². The molecule has 0 aromatic rings. The van der Waals surface area contributed by atoms with Gasteiger partial charge >= 0.3 is 5.97 Å². The zero-order valence-corrected chi connectivity index (χ0v) is 20.2. The van der Waals surface area contributed by atoms with Gasteiger partial charge in [0.25, 0.3) is 0 Å². The van der Waals surface area contributed by atoms with E-state index in [9.17, 15) is 4.79 Å². The zero-order chi connectivity index (χ0) is 21.4. The highest BCUT2D eigenvalue weighted by atomic mass is 16.4. The van der Waals surface area contributed by atoms with E-state index in [0.717, 1.165) is 18.8 Å². The van der Waals surface area contributed by atoms with Crippen LogP contribution in [0.4, 0.5) is 0 Å². The van der Waals surface area contributed by atoms with E-state index >= 15 is 0 Å². The molecular weight excluding hydrogens is 356 g/mol. The van der Waals surface area contributed by atoms with E-state index in [4.69, 9.17) is 5.11 Å². The van der Waals surface area contributed by atoms with Crippen LogP contribution in [0.2, 0.25) is 0 Å². The molecule has 0 rings (SSSR count). The molecule has 0 aromatic heterocycles. The van der Waals surface area contributed by atoms with Gasteiger partial charge in [0.1, 0.15) is 0 Å². The highest BCUT2D eigenvalue weighted by Crippen LogP contribution is 2.21. The van der Waals surface area contributed by atoms with Gasteiger partial charge < -0.3 is 5.11 Å². The fraction of sp³-hybridized carbons (Fsp3) is 0.963. The molecule has 2 nitrogen and oxygen atoms in total. The van der Waals surface area contributed by atoms with Gasteiger partial charge in [0.2, 0.25) is 0 Å². The van der Waals surface area contributed by atoms with Crippen molar-refractivity contribution < 1.29 is 9.90 Å². The molecule has 0 saturated carbocycles. The van der Waals surface area contributed by atoms with Crippen molar-refractivity contribution in [2.75, 3.05) is 0 Å². The smallest absolute Gasteiger partial charge is 0.303 e. The van der Waals surface area contributed by atoms with Crippen LogP contribution in [0.15, 0.2) is 0 Å². The Labute approximate surface area is 183 Å². The molecule has 2 heteroatoms. The van der Waals surface area contributed by atoms with Gasteiger partial charge in [-0.05, 0) is 18.8 Å². The molecule has 0 heterocycles. The second-order valence-corrected chi connectivity index (χ2v) is 9.36. The minimum atomic E-state index is -0.645. The molecule has 0 saturated heterocycles. The molecule has 0 radical (unpaired) electrons. The first-order chi connectivity index (χ1) is 14.2. The van der Waals surface area contributed by atoms with Crippen LogP contribution in [0.25, 0.3) is 0 Å². The lowest BCUT2D eigenvalue weighted by atomic mass is 9.93. The third-order valence-corrected chi connectivity index (χ3v) is 6.55. The molecule has 0 aromatic carbocycles. The number of carboxylic acid groups (broad SMARTS) is 1. The Balaban J connectivity index is 3.18. The first-order valence-corrected chi connectivity index (χ1v) is 13.4. The number of carbonyl (C=O) groups is 1. The Bertz CT molecular complexity index is 326. The highest BCUT2D eigenvalue weighted by Gasteiger charge is 2.07. The summed E-state index contributed by atoms with van der Waals surface area (Å²) in [5.41, 5.74) is 0. The number of aliphatic carboxylic acids is 1. The lowest BCUT2D eigenvalue weighted by molar-refractivity contribution is -0.137. The summed E-state index contributed by atoms with van der Waals surface area (Å²) in [6.45, 7) is 4.54. The van der Waals surface area contributed by atoms with E-state index in [1.54, 1.807) is 0 Å². The Morgan fingerprint density at radius 3 is 1.24 bits per heavy atom. The predicted octanol–water partition coefficient (Wildman–Crippen LogP) is 9.70. The SMILES string of the molecule is CCCCCCCCCCCCCCCCCCCCC(CC)CCCC(=O)O. The summed E-state index contributed by atoms with van der Waals surface area (Å²) in [6.07, 6.45) is 30.5. The second-order valence-electron chi connectivity index (χ2n) is 9.36. The van der Waals surface area contributed by atoms with Crippen molar-refractivity contribution in [1.29, 1.82) is 0 Å². The molecule has 0 fully saturated rings. The Hall–Kier alpha value is -0.530. The van der Waals surface area contributed by atoms with Gasteiger partial charge in [0, 0.05) is 6.42 Å². The first kappa shape index (κ1) is 28.5. The molecule has 1 unspecified atom stereocenters. The van der Waals surface area contributed by atoms with Crippen molar-refractivity contribution in [1.82, 2.24) is 0 Å². The van der Waals surface area contributed by atoms with Crippen molar-refractivity contribution in [3.8, 4) is 0 Å². The quantitative estimate of drug-likeness (QED) is 0.161. The summed E-state index contributed by atoms with van der Waals surface area (Å²) in [7, 11) is 0. The van der Waals surface area contributed by atoms with E-state index in [-0.39, 0.29) is 0 Å². The molecule has 0 aliphatic rings. The zero-order valence-electron chi connectivity index (χ0n) is 20.2. The number of unbranched alkanes of at least 4 members (excludes halogenated alkanes) is 17. The molecule has 0 amide bonds. The van der Waals surface area contributed by atoms with E-state index in [1.165, 1.54) is 128 Å². The van der Waals surface area contributed by atoms with Gasteiger partial charge in [-0.2, -0.15) is 0 Å². The monoisotopic (exact) mass is 410 g/mol. The fourth-order valence-corrected chi connectivity index (χ4v) is 4.43. The maximum atomic E-state index is 10.6. The lowest BCUT2D eigenvalue weighted by Crippen LogP contribution is -2.02. The molecular formula is C27H54O2. The Morgan fingerprint density at radius 1 is 0.552 bits per heavy atom. The summed E-state index contributed by atoms with van der Waals surface area (Å²) >= 11 is 0. The predicted molar refractivity (Wildman–Crippen MR) is 129 cm³/mol. The minimum Gasteiger partial charge on any atom is -0.481 e. The molecule has 0 aliphatic heterocycles. The van der Waals surface area contributed by atoms with Crippen LogP contribution in [0, 0.1) is 5.92 Å². The molecule has 1 atom stereocenters. The highest BCUT2D eigenvalue weighted by molar-refractivity contribution is 5.66. The summed E-state index contributed by atoms with van der Waals surface area (Å²) in [4.78, 5) is 10.6. The third kappa shape index (κ3) is 23.6. The normalized spacial score (nSPS) is 12.3. The van der Waals surface area contributed by atoms with Crippen molar-refractivity contribution in [2.24, 2.45) is 5.92 Å². The van der Waals surface area contributed by atoms with Crippen molar-refractivity contribution in [3.63, 3.8) is 0 Å². The van der Waals surface area contributed by atoms with Gasteiger partial charge in [0.15, 0.2) is 0 Å². The molecule has 29 heavy (non-hydrogen) atoms. The van der Waals surface area contributed by atoms with Crippen molar-refractivity contribution in [3.05, 3.63) is 0 Å². The van der Waals surface area contributed by atoms with E-state index in [2.05, 4.69) is 13.8 Å². The maximum absolute atomic E-state index is 10.6. The van der Waals surface area contributed by atoms with E-state index in [0.29, 0.717) is 6.42 Å². The van der Waals surface area contributed by atoms with Crippen LogP contribution in [0.5, 0.6) is 0 Å². The van der Waals surface area contributed by atoms with Gasteiger partial charge in [-0.3, -0.25) is 4.79 Å². The topological polar surface area (TPSA) is 37.3 Å². The number of hydrogen-bond acceptors (Lipinski definition) is 1. The van der Waals surface area contributed by atoms with E-state index < -0.39 is 5.97 Å². The number of hydrogen-bond donors (Lipinski definition) is 1. The lowest BCUT2D eigenvalue weighted by Gasteiger charge is -2.13. The summed E-state index contributed by atoms with van der Waals surface area (Å²) in [5.74, 6) is 0.100. The minimum absolute atomic E-state index is 0.343. The molecule has 1 N–H and O–H groups in total. The van der Waals surface area contributed by atoms with Crippen LogP contribution in [0.1, 0.15) is 162 Å². The van der Waals surface area contributed by atoms with Gasteiger partial charge in [0.05, 0.1) is 0 Å². The summed E-state index contributed by atoms with van der Waals surface area (Å²) in [5, 5.41) is 8.74. The molecule has 0 aliphatic carbocycles. The number of rotatable bonds is 24. The average molecular weight is 411 g/mol. The second kappa shape index (κ2) is 23.7. The molecule has 0 spiro atoms. The van der Waals surface area contributed by atoms with Crippen LogP contribution in [-0.2, 0) is 4.79 Å². The standard InChI is InChI=1S/C27H54O2/c1-3-5-6-7-8-9-10-11-12-13-14-15-16-17-18-19-20-21-23-26(4-2)24-22-25-27(28)29/h26H,3-25H2,1-2H3,(H,28,29). The van der Waals surface area contributed by atoms with Crippen LogP contribution in [0.3, 0.4) is 0 Å². The first-order valence-electron chi connectivity index (χ1n) is 13.4. The average Bonchev–Trinajstić information content (AvgIpc) is 2.71. The third-order valence-electron chi connectivity index (χ3n) is 6.55. The Morgan fingerprint density at radius 2 is 0.897 bits per heavy atom. The summed E-state index contributed by atoms with van der Waals surface area (Å²) < 4.78 is 0. The van der Waals surface area contributed by atoms with Crippen LogP contribution in [-0.4, -0.2) is 11.1 Å². The number of carboxylic acids is 1. The van der Waals surface area contributed by atoms with Crippen molar-refractivity contribution in [2.45, 2.75) is 162 Å².